The van der Waals surface area contributed by atoms with E-state index >= 15 is 0 Å². The monoisotopic (exact) mass is 380 g/mol. The van der Waals surface area contributed by atoms with E-state index in [1.807, 2.05) is 36.4 Å². The number of halogens is 1. The highest BCUT2D eigenvalue weighted by Crippen LogP contribution is 2.36. The van der Waals surface area contributed by atoms with Crippen LogP contribution in [-0.4, -0.2) is 19.6 Å². The number of nitrogen functional groups attached to an aromatic ring is 1. The molecule has 0 aliphatic carbocycles. The average Bonchev–Trinajstić information content (AvgIpc) is 3.00. The fourth-order valence-electron chi connectivity index (χ4n) is 3.55. The van der Waals surface area contributed by atoms with Crippen LogP contribution in [-0.2, 0) is 13.2 Å². The molecular weight excluding hydrogens is 360 g/mol. The van der Waals surface area contributed by atoms with Crippen LogP contribution in [0.1, 0.15) is 19.7 Å². The fourth-order valence-corrected chi connectivity index (χ4v) is 3.67. The zero-order chi connectivity index (χ0) is 19.1. The number of fused-ring (bicyclic) bond motifs is 3. The van der Waals surface area contributed by atoms with Crippen molar-refractivity contribution in [1.29, 1.82) is 0 Å². The smallest absolute Gasteiger partial charge is 0.152 e. The molecule has 0 radical (unpaired) electrons. The highest BCUT2D eigenvalue weighted by Gasteiger charge is 2.20. The molecule has 3 N–H and O–H groups in total. The molecule has 2 aromatic heterocycles. The molecule has 4 aromatic rings. The number of rotatable bonds is 4. The lowest BCUT2D eigenvalue weighted by Gasteiger charge is -2.14. The van der Waals surface area contributed by atoms with Gasteiger partial charge in [-0.15, -0.1) is 0 Å². The second-order valence-electron chi connectivity index (χ2n) is 7.09. The van der Waals surface area contributed by atoms with Crippen LogP contribution in [0.25, 0.3) is 33.1 Å². The molecule has 0 saturated heterocycles. The van der Waals surface area contributed by atoms with Crippen LogP contribution in [0.2, 0.25) is 5.02 Å². The van der Waals surface area contributed by atoms with Gasteiger partial charge in [0.15, 0.2) is 5.82 Å². The van der Waals surface area contributed by atoms with E-state index in [0.29, 0.717) is 28.1 Å². The van der Waals surface area contributed by atoms with Crippen LogP contribution in [0.4, 0.5) is 5.82 Å². The Morgan fingerprint density at radius 3 is 2.52 bits per heavy atom. The van der Waals surface area contributed by atoms with Crippen LogP contribution in [0.15, 0.2) is 42.5 Å². The van der Waals surface area contributed by atoms with Crippen molar-refractivity contribution >= 4 is 39.4 Å². The van der Waals surface area contributed by atoms with Gasteiger partial charge in [-0.3, -0.25) is 0 Å². The van der Waals surface area contributed by atoms with Crippen molar-refractivity contribution < 1.29 is 5.11 Å². The SMILES string of the molecule is CC(C)Cn1c(CO)nc2c(N)nc3cccc(-c4ccc(Cl)cc4)c3c21. The Bertz CT molecular complexity index is 1130. The minimum absolute atomic E-state index is 0.147. The van der Waals surface area contributed by atoms with Crippen molar-refractivity contribution in [1.82, 2.24) is 14.5 Å². The number of aliphatic hydroxyl groups is 1. The first-order valence-electron chi connectivity index (χ1n) is 8.93. The van der Waals surface area contributed by atoms with Gasteiger partial charge in [-0.2, -0.15) is 0 Å². The Morgan fingerprint density at radius 2 is 1.85 bits per heavy atom. The number of pyridine rings is 1. The largest absolute Gasteiger partial charge is 0.388 e. The quantitative estimate of drug-likeness (QED) is 0.541. The third-order valence-electron chi connectivity index (χ3n) is 4.65. The number of hydrogen-bond donors (Lipinski definition) is 2. The molecule has 2 heterocycles. The molecule has 0 unspecified atom stereocenters. The summed E-state index contributed by atoms with van der Waals surface area (Å²) in [7, 11) is 0. The minimum atomic E-state index is -0.147. The van der Waals surface area contributed by atoms with E-state index in [1.54, 1.807) is 0 Å². The number of imidazole rings is 1. The van der Waals surface area contributed by atoms with E-state index in [0.717, 1.165) is 34.1 Å². The fraction of sp³-hybridized carbons (Fsp3) is 0.238. The zero-order valence-electron chi connectivity index (χ0n) is 15.3. The lowest BCUT2D eigenvalue weighted by Crippen LogP contribution is -2.09. The van der Waals surface area contributed by atoms with E-state index in [2.05, 4.69) is 34.4 Å². The number of nitrogens with two attached hydrogens (primary N) is 1. The van der Waals surface area contributed by atoms with Gasteiger partial charge in [-0.25, -0.2) is 9.97 Å². The van der Waals surface area contributed by atoms with E-state index in [9.17, 15) is 5.11 Å². The third kappa shape index (κ3) is 3.03. The predicted molar refractivity (Wildman–Crippen MR) is 111 cm³/mol. The van der Waals surface area contributed by atoms with E-state index in [-0.39, 0.29) is 6.61 Å². The van der Waals surface area contributed by atoms with Gasteiger partial charge in [0.25, 0.3) is 0 Å². The number of hydrogen-bond acceptors (Lipinski definition) is 4. The van der Waals surface area contributed by atoms with Gasteiger partial charge in [0.1, 0.15) is 17.9 Å². The van der Waals surface area contributed by atoms with Crippen molar-refractivity contribution in [3.05, 3.63) is 53.3 Å². The topological polar surface area (TPSA) is 77.0 Å². The number of anilines is 1. The molecule has 0 aliphatic rings. The van der Waals surface area contributed by atoms with Gasteiger partial charge in [0.2, 0.25) is 0 Å². The van der Waals surface area contributed by atoms with Crippen LogP contribution in [0, 0.1) is 5.92 Å². The molecule has 5 nitrogen and oxygen atoms in total. The summed E-state index contributed by atoms with van der Waals surface area (Å²) in [5.74, 6) is 1.37. The summed E-state index contributed by atoms with van der Waals surface area (Å²) in [6, 6.07) is 13.7. The van der Waals surface area contributed by atoms with Crippen molar-refractivity contribution in [2.45, 2.75) is 27.0 Å². The van der Waals surface area contributed by atoms with Gasteiger partial charge in [0.05, 0.1) is 11.0 Å². The molecular formula is C21H21ClN4O. The van der Waals surface area contributed by atoms with Gasteiger partial charge in [0, 0.05) is 17.0 Å². The molecule has 4 rings (SSSR count). The zero-order valence-corrected chi connectivity index (χ0v) is 16.0. The van der Waals surface area contributed by atoms with E-state index < -0.39 is 0 Å². The summed E-state index contributed by atoms with van der Waals surface area (Å²) >= 11 is 6.07. The molecule has 0 saturated carbocycles. The molecule has 0 bridgehead atoms. The van der Waals surface area contributed by atoms with Crippen molar-refractivity contribution in [3.63, 3.8) is 0 Å². The standard InChI is InChI=1S/C21H21ClN4O/c1-12(2)10-26-17(11-27)25-19-20(26)18-15(13-6-8-14(22)9-7-13)4-3-5-16(18)24-21(19)23/h3-9,12,27H,10-11H2,1-2H3,(H2,23,24). The highest BCUT2D eigenvalue weighted by molar-refractivity contribution is 6.30. The normalized spacial score (nSPS) is 11.7. The van der Waals surface area contributed by atoms with Crippen LogP contribution < -0.4 is 5.73 Å². The number of benzene rings is 2. The molecule has 6 heteroatoms. The predicted octanol–water partition coefficient (Wildman–Crippen LogP) is 4.64. The van der Waals surface area contributed by atoms with E-state index in [4.69, 9.17) is 17.3 Å². The second-order valence-corrected chi connectivity index (χ2v) is 7.53. The summed E-state index contributed by atoms with van der Waals surface area (Å²) < 4.78 is 2.07. The van der Waals surface area contributed by atoms with Crippen molar-refractivity contribution in [2.24, 2.45) is 5.92 Å². The summed E-state index contributed by atoms with van der Waals surface area (Å²) in [5, 5.41) is 11.5. The van der Waals surface area contributed by atoms with Crippen molar-refractivity contribution in [3.8, 4) is 11.1 Å². The van der Waals surface area contributed by atoms with Gasteiger partial charge < -0.3 is 15.4 Å². The molecule has 2 aromatic carbocycles. The average molecular weight is 381 g/mol. The Kier molecular flexibility index (Phi) is 4.50. The molecule has 0 fully saturated rings. The van der Waals surface area contributed by atoms with E-state index in [1.165, 1.54) is 0 Å². The molecule has 27 heavy (non-hydrogen) atoms. The van der Waals surface area contributed by atoms with Gasteiger partial charge in [-0.1, -0.05) is 49.7 Å². The molecule has 138 valence electrons. The van der Waals surface area contributed by atoms with Crippen LogP contribution in [0.3, 0.4) is 0 Å². The minimum Gasteiger partial charge on any atom is -0.388 e. The second kappa shape index (κ2) is 6.83. The van der Waals surface area contributed by atoms with Crippen molar-refractivity contribution in [2.75, 3.05) is 5.73 Å². The Balaban J connectivity index is 2.15. The first kappa shape index (κ1) is 17.8. The highest BCUT2D eigenvalue weighted by atomic mass is 35.5. The van der Waals surface area contributed by atoms with Gasteiger partial charge >= 0.3 is 0 Å². The number of aromatic nitrogens is 3. The number of aliphatic hydroxyl groups excluding tert-OH is 1. The maximum atomic E-state index is 9.85. The third-order valence-corrected chi connectivity index (χ3v) is 4.91. The molecule has 0 aliphatic heterocycles. The molecule has 0 atom stereocenters. The first-order valence-corrected chi connectivity index (χ1v) is 9.31. The van der Waals surface area contributed by atoms with Crippen LogP contribution in [0.5, 0.6) is 0 Å². The summed E-state index contributed by atoms with van der Waals surface area (Å²) in [6.07, 6.45) is 0. The summed E-state index contributed by atoms with van der Waals surface area (Å²) in [4.78, 5) is 9.16. The summed E-state index contributed by atoms with van der Waals surface area (Å²) in [6.45, 7) is 4.87. The molecule has 0 amide bonds. The lowest BCUT2D eigenvalue weighted by molar-refractivity contribution is 0.264. The maximum Gasteiger partial charge on any atom is 0.152 e. The first-order chi connectivity index (χ1) is 13.0. The molecule has 0 spiro atoms. The maximum absolute atomic E-state index is 9.85. The van der Waals surface area contributed by atoms with Crippen LogP contribution >= 0.6 is 11.6 Å². The van der Waals surface area contributed by atoms with Gasteiger partial charge in [-0.05, 0) is 35.2 Å². The Hall–Kier alpha value is -2.63. The lowest BCUT2D eigenvalue weighted by atomic mass is 9.99. The number of nitrogens with zero attached hydrogens (tertiary/aromatic N) is 3. The Labute approximate surface area is 162 Å². The Morgan fingerprint density at radius 1 is 1.11 bits per heavy atom. The summed E-state index contributed by atoms with van der Waals surface area (Å²) in [5.41, 5.74) is 10.7.